The van der Waals surface area contributed by atoms with E-state index in [2.05, 4.69) is 5.16 Å². The van der Waals surface area contributed by atoms with Gasteiger partial charge in [-0.2, -0.15) is 0 Å². The summed E-state index contributed by atoms with van der Waals surface area (Å²) in [6.07, 6.45) is 2.93. The Labute approximate surface area is 123 Å². The maximum Gasteiger partial charge on any atom is 0.307 e. The second-order valence-electron chi connectivity index (χ2n) is 5.04. The Hall–Kier alpha value is -1.89. The molecule has 0 aromatic carbocycles. The van der Waals surface area contributed by atoms with Crippen LogP contribution in [0.2, 0.25) is 0 Å². The van der Waals surface area contributed by atoms with Crippen LogP contribution in [0.25, 0.3) is 0 Å². The van der Waals surface area contributed by atoms with Gasteiger partial charge in [0.1, 0.15) is 6.61 Å². The fourth-order valence-corrected chi connectivity index (χ4v) is 2.53. The number of piperidine rings is 1. The van der Waals surface area contributed by atoms with Crippen molar-refractivity contribution in [2.45, 2.75) is 38.3 Å². The molecule has 1 amide bonds. The number of amides is 1. The summed E-state index contributed by atoms with van der Waals surface area (Å²) in [5.41, 5.74) is 0.249. The van der Waals surface area contributed by atoms with Gasteiger partial charge in [-0.05, 0) is 19.3 Å². The van der Waals surface area contributed by atoms with Crippen LogP contribution in [-0.2, 0) is 20.9 Å². The van der Waals surface area contributed by atoms with Crippen LogP contribution in [0.1, 0.15) is 41.9 Å². The van der Waals surface area contributed by atoms with Crippen LogP contribution < -0.4 is 0 Å². The first-order valence-corrected chi connectivity index (χ1v) is 6.98. The summed E-state index contributed by atoms with van der Waals surface area (Å²) < 4.78 is 14.7. The maximum atomic E-state index is 12.5. The molecular formula is C14H20N2O5. The summed E-state index contributed by atoms with van der Waals surface area (Å²) in [6.45, 7) is 0.888. The van der Waals surface area contributed by atoms with Crippen LogP contribution in [-0.4, -0.2) is 48.7 Å². The number of nitrogens with zero attached hydrogens (tertiary/aromatic N) is 2. The van der Waals surface area contributed by atoms with Gasteiger partial charge in [0.15, 0.2) is 11.5 Å². The molecule has 2 heterocycles. The summed E-state index contributed by atoms with van der Waals surface area (Å²) in [6, 6.07) is 1.44. The third-order valence-corrected chi connectivity index (χ3v) is 3.58. The molecule has 1 aliphatic heterocycles. The number of aromatic nitrogens is 1. The van der Waals surface area contributed by atoms with E-state index in [1.54, 1.807) is 18.1 Å². The average molecular weight is 296 g/mol. The molecular weight excluding hydrogens is 276 g/mol. The van der Waals surface area contributed by atoms with Gasteiger partial charge in [0.2, 0.25) is 0 Å². The Bertz CT molecular complexity index is 499. The number of rotatable bonds is 5. The van der Waals surface area contributed by atoms with Crippen molar-refractivity contribution in [1.82, 2.24) is 10.1 Å². The smallest absolute Gasteiger partial charge is 0.307 e. The number of hydrogen-bond acceptors (Lipinski definition) is 6. The first-order chi connectivity index (χ1) is 10.2. The molecule has 116 valence electrons. The van der Waals surface area contributed by atoms with E-state index in [4.69, 9.17) is 14.0 Å². The van der Waals surface area contributed by atoms with Gasteiger partial charge < -0.3 is 18.9 Å². The first-order valence-electron chi connectivity index (χ1n) is 6.98. The van der Waals surface area contributed by atoms with Crippen molar-refractivity contribution in [2.75, 3.05) is 20.8 Å². The number of esters is 1. The number of methoxy groups -OCH3 is 2. The summed E-state index contributed by atoms with van der Waals surface area (Å²) >= 11 is 0. The van der Waals surface area contributed by atoms with Crippen molar-refractivity contribution in [3.05, 3.63) is 17.5 Å². The SMILES string of the molecule is COCc1cc(C(=O)N2CCCCC2CC(=O)OC)no1. The number of likely N-dealkylation sites (tertiary alicyclic amines) is 1. The lowest BCUT2D eigenvalue weighted by atomic mass is 9.99. The number of ether oxygens (including phenoxy) is 2. The van der Waals surface area contributed by atoms with Crippen molar-refractivity contribution in [3.8, 4) is 0 Å². The van der Waals surface area contributed by atoms with Crippen molar-refractivity contribution < 1.29 is 23.6 Å². The van der Waals surface area contributed by atoms with Crippen molar-refractivity contribution in [1.29, 1.82) is 0 Å². The number of carbonyl (C=O) groups is 2. The van der Waals surface area contributed by atoms with Gasteiger partial charge in [0, 0.05) is 25.8 Å². The Morgan fingerprint density at radius 2 is 2.24 bits per heavy atom. The van der Waals surface area contributed by atoms with Crippen LogP contribution in [0.4, 0.5) is 0 Å². The lowest BCUT2D eigenvalue weighted by molar-refractivity contribution is -0.142. The molecule has 1 saturated heterocycles. The Kier molecular flexibility index (Phi) is 5.32. The van der Waals surface area contributed by atoms with E-state index in [0.717, 1.165) is 19.3 Å². The fraction of sp³-hybridized carbons (Fsp3) is 0.643. The van der Waals surface area contributed by atoms with Crippen molar-refractivity contribution in [2.24, 2.45) is 0 Å². The zero-order valence-corrected chi connectivity index (χ0v) is 12.3. The van der Waals surface area contributed by atoms with Crippen LogP contribution in [0.3, 0.4) is 0 Å². The van der Waals surface area contributed by atoms with E-state index in [9.17, 15) is 9.59 Å². The third kappa shape index (κ3) is 3.81. The van der Waals surface area contributed by atoms with E-state index >= 15 is 0 Å². The highest BCUT2D eigenvalue weighted by Gasteiger charge is 2.31. The zero-order chi connectivity index (χ0) is 15.2. The van der Waals surface area contributed by atoms with Gasteiger partial charge >= 0.3 is 5.97 Å². The van der Waals surface area contributed by atoms with Crippen molar-refractivity contribution in [3.63, 3.8) is 0 Å². The average Bonchev–Trinajstić information content (AvgIpc) is 2.96. The molecule has 1 aliphatic rings. The van der Waals surface area contributed by atoms with Gasteiger partial charge in [0.05, 0.1) is 13.5 Å². The second kappa shape index (κ2) is 7.21. The highest BCUT2D eigenvalue weighted by atomic mass is 16.5. The summed E-state index contributed by atoms with van der Waals surface area (Å²) in [5.74, 6) is -0.0167. The van der Waals surface area contributed by atoms with E-state index in [1.807, 2.05) is 0 Å². The van der Waals surface area contributed by atoms with Crippen LogP contribution in [0, 0.1) is 0 Å². The molecule has 0 N–H and O–H groups in total. The van der Waals surface area contributed by atoms with Gasteiger partial charge in [-0.25, -0.2) is 0 Å². The molecule has 0 spiro atoms. The Morgan fingerprint density at radius 1 is 1.43 bits per heavy atom. The minimum absolute atomic E-state index is 0.138. The van der Waals surface area contributed by atoms with Gasteiger partial charge in [-0.15, -0.1) is 0 Å². The topological polar surface area (TPSA) is 81.9 Å². The second-order valence-corrected chi connectivity index (χ2v) is 5.04. The molecule has 1 aromatic heterocycles. The maximum absolute atomic E-state index is 12.5. The predicted octanol–water partition coefficient (Wildman–Crippen LogP) is 1.38. The molecule has 1 fully saturated rings. The fourth-order valence-electron chi connectivity index (χ4n) is 2.53. The Morgan fingerprint density at radius 3 is 2.95 bits per heavy atom. The van der Waals surface area contributed by atoms with Gasteiger partial charge in [-0.1, -0.05) is 5.16 Å². The molecule has 7 heteroatoms. The zero-order valence-electron chi connectivity index (χ0n) is 12.3. The third-order valence-electron chi connectivity index (χ3n) is 3.58. The number of carbonyl (C=O) groups excluding carboxylic acids is 2. The molecule has 1 aromatic rings. The van der Waals surface area contributed by atoms with E-state index in [-0.39, 0.29) is 36.6 Å². The van der Waals surface area contributed by atoms with Gasteiger partial charge in [0.25, 0.3) is 5.91 Å². The monoisotopic (exact) mass is 296 g/mol. The van der Waals surface area contributed by atoms with Crippen LogP contribution in [0.15, 0.2) is 10.6 Å². The summed E-state index contributed by atoms with van der Waals surface area (Å²) in [4.78, 5) is 25.7. The highest BCUT2D eigenvalue weighted by Crippen LogP contribution is 2.22. The molecule has 7 nitrogen and oxygen atoms in total. The predicted molar refractivity (Wildman–Crippen MR) is 72.5 cm³/mol. The summed E-state index contributed by atoms with van der Waals surface area (Å²) in [7, 11) is 2.90. The molecule has 1 unspecified atom stereocenters. The lowest BCUT2D eigenvalue weighted by Gasteiger charge is -2.34. The summed E-state index contributed by atoms with van der Waals surface area (Å²) in [5, 5.41) is 3.78. The molecule has 2 rings (SSSR count). The molecule has 0 saturated carbocycles. The molecule has 1 atom stereocenters. The number of hydrogen-bond donors (Lipinski definition) is 0. The van der Waals surface area contributed by atoms with Crippen molar-refractivity contribution >= 4 is 11.9 Å². The van der Waals surface area contributed by atoms with E-state index in [0.29, 0.717) is 12.3 Å². The largest absolute Gasteiger partial charge is 0.469 e. The van der Waals surface area contributed by atoms with E-state index < -0.39 is 0 Å². The molecule has 0 radical (unpaired) electrons. The molecule has 0 aliphatic carbocycles. The first kappa shape index (κ1) is 15.5. The highest BCUT2D eigenvalue weighted by molar-refractivity contribution is 5.92. The standard InChI is InChI=1S/C14H20N2O5/c1-19-9-11-8-12(15-21-11)14(18)16-6-4-3-5-10(16)7-13(17)20-2/h8,10H,3-7,9H2,1-2H3. The minimum atomic E-state index is -0.306. The lowest BCUT2D eigenvalue weighted by Crippen LogP contribution is -2.45. The van der Waals surface area contributed by atoms with Gasteiger partial charge in [-0.3, -0.25) is 9.59 Å². The van der Waals surface area contributed by atoms with Crippen LogP contribution in [0.5, 0.6) is 0 Å². The Balaban J connectivity index is 2.08. The quantitative estimate of drug-likeness (QED) is 0.763. The van der Waals surface area contributed by atoms with E-state index in [1.165, 1.54) is 7.11 Å². The minimum Gasteiger partial charge on any atom is -0.469 e. The molecule has 0 bridgehead atoms. The normalized spacial score (nSPS) is 18.6. The van der Waals surface area contributed by atoms with Crippen LogP contribution >= 0.6 is 0 Å². The molecule has 21 heavy (non-hydrogen) atoms.